The fraction of sp³-hybridized carbons (Fsp3) is 0.391. The number of benzene rings is 2. The summed E-state index contributed by atoms with van der Waals surface area (Å²) in [6, 6.07) is 17.9. The molecule has 2 aliphatic rings. The van der Waals surface area contributed by atoms with Crippen molar-refractivity contribution in [3.05, 3.63) is 65.7 Å². The van der Waals surface area contributed by atoms with Crippen molar-refractivity contribution < 1.29 is 13.2 Å². The van der Waals surface area contributed by atoms with Crippen molar-refractivity contribution in [3.8, 4) is 0 Å². The molecule has 0 bridgehead atoms. The predicted molar refractivity (Wildman–Crippen MR) is 124 cm³/mol. The van der Waals surface area contributed by atoms with Crippen LogP contribution in [0.2, 0.25) is 0 Å². The highest BCUT2D eigenvalue weighted by Crippen LogP contribution is 2.41. The average Bonchev–Trinajstić information content (AvgIpc) is 3.18. The molecule has 2 saturated heterocycles. The van der Waals surface area contributed by atoms with Gasteiger partial charge in [-0.15, -0.1) is 0 Å². The first-order chi connectivity index (χ1) is 14.3. The maximum absolute atomic E-state index is 12.6. The molecule has 2 aliphatic heterocycles. The predicted octanol–water partition coefficient (Wildman–Crippen LogP) is 4.04. The maximum Gasteiger partial charge on any atom is 0.248 e. The molecule has 2 heterocycles. The lowest BCUT2D eigenvalue weighted by Crippen LogP contribution is -2.37. The van der Waals surface area contributed by atoms with E-state index in [1.54, 1.807) is 0 Å². The molecule has 0 N–H and O–H groups in total. The molecule has 7 heteroatoms. The summed E-state index contributed by atoms with van der Waals surface area (Å²) in [5.74, 6) is 0.487. The molecule has 1 amide bonds. The summed E-state index contributed by atoms with van der Waals surface area (Å²) in [5, 5.41) is 0.538. The van der Waals surface area contributed by atoms with E-state index in [-0.39, 0.29) is 28.7 Å². The van der Waals surface area contributed by atoms with E-state index >= 15 is 0 Å². The summed E-state index contributed by atoms with van der Waals surface area (Å²) in [6.07, 6.45) is 0.979. The third-order valence-electron chi connectivity index (χ3n) is 5.60. The van der Waals surface area contributed by atoms with Gasteiger partial charge in [-0.05, 0) is 35.6 Å². The topological polar surface area (TPSA) is 66.8 Å². The van der Waals surface area contributed by atoms with Crippen LogP contribution in [0.3, 0.4) is 0 Å². The molecule has 2 aromatic rings. The second-order valence-corrected chi connectivity index (χ2v) is 11.6. The van der Waals surface area contributed by atoms with Crippen molar-refractivity contribution in [2.45, 2.75) is 43.9 Å². The molecule has 2 atom stereocenters. The van der Waals surface area contributed by atoms with E-state index in [4.69, 9.17) is 0 Å². The van der Waals surface area contributed by atoms with Crippen molar-refractivity contribution in [1.82, 2.24) is 0 Å². The van der Waals surface area contributed by atoms with Gasteiger partial charge < -0.3 is 4.90 Å². The number of hydrogen-bond donors (Lipinski definition) is 0. The van der Waals surface area contributed by atoms with E-state index in [0.29, 0.717) is 23.9 Å². The number of carbonyl (C=O) groups is 1. The molecule has 30 heavy (non-hydrogen) atoms. The zero-order valence-electron chi connectivity index (χ0n) is 17.2. The minimum absolute atomic E-state index is 0.0829. The number of thioether (sulfide) groups is 1. The molecule has 0 saturated carbocycles. The molecule has 0 radical (unpaired) electrons. The number of rotatable bonds is 5. The van der Waals surface area contributed by atoms with Crippen LogP contribution in [-0.4, -0.2) is 42.3 Å². The number of amides is 1. The zero-order valence-corrected chi connectivity index (χ0v) is 18.8. The van der Waals surface area contributed by atoms with Gasteiger partial charge in [0.15, 0.2) is 15.0 Å². The first-order valence-corrected chi connectivity index (χ1v) is 12.9. The van der Waals surface area contributed by atoms with Crippen molar-refractivity contribution in [3.63, 3.8) is 0 Å². The van der Waals surface area contributed by atoms with Crippen molar-refractivity contribution in [2.75, 3.05) is 16.4 Å². The van der Waals surface area contributed by atoms with Gasteiger partial charge in [0, 0.05) is 17.4 Å². The molecule has 0 aromatic heterocycles. The Labute approximate surface area is 182 Å². The molecular weight excluding hydrogens is 416 g/mol. The van der Waals surface area contributed by atoms with Gasteiger partial charge in [-0.2, -0.15) is 4.99 Å². The Morgan fingerprint density at radius 1 is 1.10 bits per heavy atom. The SMILES string of the molecule is CC(C)c1ccc(N2C(=NC(=O)CCc3ccccc3)S[C@H]3CS(=O)(=O)C[C@@H]32)cc1. The summed E-state index contributed by atoms with van der Waals surface area (Å²) in [5.41, 5.74) is 3.22. The Morgan fingerprint density at radius 3 is 2.47 bits per heavy atom. The van der Waals surface area contributed by atoms with E-state index in [9.17, 15) is 13.2 Å². The summed E-state index contributed by atoms with van der Waals surface area (Å²) in [7, 11) is -3.07. The van der Waals surface area contributed by atoms with Crippen LogP contribution in [0.5, 0.6) is 0 Å². The molecule has 0 aliphatic carbocycles. The van der Waals surface area contributed by atoms with Crippen LogP contribution < -0.4 is 4.90 Å². The number of amidine groups is 1. The molecule has 0 spiro atoms. The van der Waals surface area contributed by atoms with Gasteiger partial charge in [0.2, 0.25) is 5.91 Å². The lowest BCUT2D eigenvalue weighted by molar-refractivity contribution is -0.117. The van der Waals surface area contributed by atoms with E-state index < -0.39 is 9.84 Å². The Morgan fingerprint density at radius 2 is 1.80 bits per heavy atom. The Balaban J connectivity index is 1.57. The van der Waals surface area contributed by atoms with E-state index in [1.807, 2.05) is 47.4 Å². The number of fused-ring (bicyclic) bond motifs is 1. The highest BCUT2D eigenvalue weighted by atomic mass is 32.2. The molecule has 2 fully saturated rings. The van der Waals surface area contributed by atoms with Crippen molar-refractivity contribution in [1.29, 1.82) is 0 Å². The highest BCUT2D eigenvalue weighted by molar-refractivity contribution is 8.16. The summed E-state index contributed by atoms with van der Waals surface area (Å²) < 4.78 is 24.4. The van der Waals surface area contributed by atoms with Gasteiger partial charge in [0.05, 0.1) is 17.5 Å². The lowest BCUT2D eigenvalue weighted by atomic mass is 10.0. The molecule has 0 unspecified atom stereocenters. The van der Waals surface area contributed by atoms with E-state index in [1.165, 1.54) is 17.3 Å². The second kappa shape index (κ2) is 8.55. The Bertz CT molecular complexity index is 1050. The van der Waals surface area contributed by atoms with Gasteiger partial charge in [-0.3, -0.25) is 4.79 Å². The monoisotopic (exact) mass is 442 g/mol. The van der Waals surface area contributed by atoms with Crippen LogP contribution in [0.15, 0.2) is 59.6 Å². The first kappa shape index (κ1) is 21.1. The molecule has 158 valence electrons. The summed E-state index contributed by atoms with van der Waals surface area (Å²) in [4.78, 5) is 19.0. The van der Waals surface area contributed by atoms with Gasteiger partial charge in [-0.1, -0.05) is 68.1 Å². The third-order valence-corrected chi connectivity index (χ3v) is 8.80. The minimum atomic E-state index is -3.07. The standard InChI is InChI=1S/C23H26N2O3S2/c1-16(2)18-9-11-19(12-10-18)25-20-14-30(27,28)15-21(20)29-23(25)24-22(26)13-8-17-6-4-3-5-7-17/h3-7,9-12,16,20-21H,8,13-15H2,1-2H3/t20-,21-/m0/s1. The van der Waals surface area contributed by atoms with E-state index in [2.05, 4.69) is 31.0 Å². The number of anilines is 1. The van der Waals surface area contributed by atoms with Gasteiger partial charge in [0.1, 0.15) is 0 Å². The number of aryl methyl sites for hydroxylation is 1. The van der Waals surface area contributed by atoms with Crippen LogP contribution in [0.4, 0.5) is 5.69 Å². The third kappa shape index (κ3) is 4.62. The Hall–Kier alpha value is -2.12. The number of sulfone groups is 1. The van der Waals surface area contributed by atoms with Gasteiger partial charge >= 0.3 is 0 Å². The number of aliphatic imine (C=N–C) groups is 1. The summed E-state index contributed by atoms with van der Waals surface area (Å²) in [6.45, 7) is 4.27. The fourth-order valence-corrected chi connectivity index (χ4v) is 7.88. The van der Waals surface area contributed by atoms with Crippen LogP contribution >= 0.6 is 11.8 Å². The zero-order chi connectivity index (χ0) is 21.3. The quantitative estimate of drug-likeness (QED) is 0.699. The average molecular weight is 443 g/mol. The number of nitrogens with zero attached hydrogens (tertiary/aromatic N) is 2. The van der Waals surface area contributed by atoms with Crippen LogP contribution in [0.25, 0.3) is 0 Å². The lowest BCUT2D eigenvalue weighted by Gasteiger charge is -2.25. The molecule has 5 nitrogen and oxygen atoms in total. The normalized spacial score (nSPS) is 23.8. The van der Waals surface area contributed by atoms with Crippen LogP contribution in [-0.2, 0) is 21.1 Å². The number of hydrogen-bond acceptors (Lipinski definition) is 4. The summed E-state index contributed by atoms with van der Waals surface area (Å²) >= 11 is 1.42. The second-order valence-electron chi connectivity index (χ2n) is 8.19. The van der Waals surface area contributed by atoms with E-state index in [0.717, 1.165) is 11.3 Å². The van der Waals surface area contributed by atoms with Crippen LogP contribution in [0.1, 0.15) is 37.3 Å². The number of carbonyl (C=O) groups excluding carboxylic acids is 1. The molecule has 4 rings (SSSR count). The van der Waals surface area contributed by atoms with Gasteiger partial charge in [0.25, 0.3) is 0 Å². The van der Waals surface area contributed by atoms with Crippen LogP contribution in [0, 0.1) is 0 Å². The highest BCUT2D eigenvalue weighted by Gasteiger charge is 2.49. The fourth-order valence-electron chi connectivity index (χ4n) is 3.94. The smallest absolute Gasteiger partial charge is 0.248 e. The maximum atomic E-state index is 12.6. The molecule has 2 aromatic carbocycles. The van der Waals surface area contributed by atoms with Crippen molar-refractivity contribution >= 4 is 38.4 Å². The largest absolute Gasteiger partial charge is 0.316 e. The Kier molecular flexibility index (Phi) is 6.02. The van der Waals surface area contributed by atoms with Gasteiger partial charge in [-0.25, -0.2) is 8.42 Å². The molecular formula is C23H26N2O3S2. The van der Waals surface area contributed by atoms with Crippen molar-refractivity contribution in [2.24, 2.45) is 4.99 Å². The first-order valence-electron chi connectivity index (χ1n) is 10.2. The minimum Gasteiger partial charge on any atom is -0.316 e.